The van der Waals surface area contributed by atoms with E-state index in [4.69, 9.17) is 10.5 Å². The van der Waals surface area contributed by atoms with Crippen molar-refractivity contribution in [1.29, 1.82) is 0 Å². The molecule has 4 rings (SSSR count). The lowest BCUT2D eigenvalue weighted by Crippen LogP contribution is -2.63. The van der Waals surface area contributed by atoms with Gasteiger partial charge in [0.25, 0.3) is 5.91 Å². The number of rotatable bonds is 9. The quantitative estimate of drug-likeness (QED) is 0.271. The summed E-state index contributed by atoms with van der Waals surface area (Å²) in [5.74, 6) is -8.05. The van der Waals surface area contributed by atoms with Crippen LogP contribution in [0.3, 0.4) is 0 Å². The molecule has 0 saturated heterocycles. The molecule has 3 aliphatic carbocycles. The molecular formula is C29H38FN3O8. The molecule has 41 heavy (non-hydrogen) atoms. The van der Waals surface area contributed by atoms with Gasteiger partial charge in [-0.2, -0.15) is 0 Å². The number of hydrogen-bond acceptors (Lipinski definition) is 10. The van der Waals surface area contributed by atoms with Gasteiger partial charge in [-0.3, -0.25) is 24.2 Å². The molecule has 1 aromatic rings. The summed E-state index contributed by atoms with van der Waals surface area (Å²) in [5.41, 5.74) is 1.23. The van der Waals surface area contributed by atoms with Gasteiger partial charge in [-0.25, -0.2) is 4.39 Å². The van der Waals surface area contributed by atoms with Crippen molar-refractivity contribution >= 4 is 17.5 Å². The minimum atomic E-state index is -2.74. The van der Waals surface area contributed by atoms with Gasteiger partial charge in [0.1, 0.15) is 28.7 Å². The zero-order valence-electron chi connectivity index (χ0n) is 23.9. The summed E-state index contributed by atoms with van der Waals surface area (Å²) >= 11 is 0. The smallest absolute Gasteiger partial charge is 0.255 e. The Morgan fingerprint density at radius 2 is 1.90 bits per heavy atom. The first-order valence-electron chi connectivity index (χ1n) is 13.6. The lowest BCUT2D eigenvalue weighted by atomic mass is 9.58. The first-order chi connectivity index (χ1) is 19.2. The Hall–Kier alpha value is -3.32. The number of ketones is 2. The molecule has 0 radical (unpaired) electrons. The molecule has 3 aliphatic rings. The Balaban J connectivity index is 1.82. The van der Waals surface area contributed by atoms with E-state index < -0.39 is 69.6 Å². The van der Waals surface area contributed by atoms with Crippen LogP contribution in [-0.2, 0) is 27.3 Å². The Bertz CT molecular complexity index is 1350. The second-order valence-electron chi connectivity index (χ2n) is 11.8. The van der Waals surface area contributed by atoms with E-state index in [1.807, 2.05) is 18.7 Å². The molecule has 1 amide bonds. The molecule has 0 bridgehead atoms. The zero-order chi connectivity index (χ0) is 30.5. The van der Waals surface area contributed by atoms with Gasteiger partial charge in [0.05, 0.1) is 18.2 Å². The number of amides is 1. The van der Waals surface area contributed by atoms with Crippen LogP contribution in [0.4, 0.5) is 4.39 Å². The van der Waals surface area contributed by atoms with Crippen molar-refractivity contribution in [3.8, 4) is 5.75 Å². The summed E-state index contributed by atoms with van der Waals surface area (Å²) in [6.45, 7) is 5.82. The number of methoxy groups -OCH3 is 1. The normalized spacial score (nSPS) is 26.1. The number of benzene rings is 1. The van der Waals surface area contributed by atoms with Crippen LogP contribution in [-0.4, -0.2) is 100 Å². The number of aliphatic hydroxyl groups excluding tert-OH is 2. The average molecular weight is 576 g/mol. The van der Waals surface area contributed by atoms with Gasteiger partial charge in [0, 0.05) is 49.4 Å². The molecule has 0 spiro atoms. The number of Topliss-reactive ketones (excluding diaryl/α,β-unsaturated/α-hetero) is 2. The fourth-order valence-electron chi connectivity index (χ4n) is 6.68. The largest absolute Gasteiger partial charge is 0.510 e. The number of aliphatic hydroxyl groups is 3. The molecular weight excluding hydrogens is 537 g/mol. The highest BCUT2D eigenvalue weighted by molar-refractivity contribution is 6.24. The van der Waals surface area contributed by atoms with Crippen molar-refractivity contribution in [2.75, 3.05) is 40.9 Å². The van der Waals surface area contributed by atoms with Crippen molar-refractivity contribution in [2.24, 2.45) is 23.5 Å². The molecule has 0 heterocycles. The maximum Gasteiger partial charge on any atom is 0.255 e. The highest BCUT2D eigenvalue weighted by atomic mass is 19.1. The number of nitrogens with two attached hydrogens (primary N) is 1. The topological polar surface area (TPSA) is 174 Å². The Morgan fingerprint density at radius 1 is 1.24 bits per heavy atom. The Labute approximate surface area is 237 Å². The number of ether oxygens (including phenoxy) is 1. The molecule has 0 aliphatic heterocycles. The molecule has 0 saturated carbocycles. The summed E-state index contributed by atoms with van der Waals surface area (Å²) in [6.07, 6.45) is -0.215. The number of carbonyl (C=O) groups excluding carboxylic acids is 3. The molecule has 0 unspecified atom stereocenters. The highest BCUT2D eigenvalue weighted by Gasteiger charge is 2.63. The second kappa shape index (κ2) is 11.2. The second-order valence-corrected chi connectivity index (χ2v) is 11.8. The number of fused-ring (bicyclic) bond motifs is 3. The van der Waals surface area contributed by atoms with Gasteiger partial charge in [-0.1, -0.05) is 13.8 Å². The maximum atomic E-state index is 16.1. The molecule has 11 nitrogen and oxygen atoms in total. The number of phenolic OH excluding ortho intramolecular Hbond substituents is 1. The van der Waals surface area contributed by atoms with Crippen molar-refractivity contribution in [3.05, 3.63) is 51.2 Å². The van der Waals surface area contributed by atoms with E-state index in [1.165, 1.54) is 11.0 Å². The summed E-state index contributed by atoms with van der Waals surface area (Å²) in [4.78, 5) is 42.6. The molecule has 0 aromatic heterocycles. The van der Waals surface area contributed by atoms with Crippen molar-refractivity contribution in [2.45, 2.75) is 44.9 Å². The third-order valence-electron chi connectivity index (χ3n) is 8.36. The van der Waals surface area contributed by atoms with Gasteiger partial charge in [-0.05, 0) is 44.8 Å². The van der Waals surface area contributed by atoms with Gasteiger partial charge < -0.3 is 30.9 Å². The first-order valence-corrected chi connectivity index (χ1v) is 13.6. The molecule has 0 fully saturated rings. The van der Waals surface area contributed by atoms with Gasteiger partial charge in [-0.15, -0.1) is 0 Å². The number of phenols is 1. The van der Waals surface area contributed by atoms with Crippen LogP contribution in [0.25, 0.3) is 0 Å². The molecule has 224 valence electrons. The van der Waals surface area contributed by atoms with E-state index in [9.17, 15) is 34.8 Å². The van der Waals surface area contributed by atoms with E-state index >= 15 is 4.39 Å². The van der Waals surface area contributed by atoms with Crippen molar-refractivity contribution in [3.63, 3.8) is 0 Å². The fraction of sp³-hybridized carbons (Fsp3) is 0.552. The number of nitrogens with zero attached hydrogens (tertiary/aromatic N) is 2. The van der Waals surface area contributed by atoms with Gasteiger partial charge in [0.2, 0.25) is 5.78 Å². The third-order valence-corrected chi connectivity index (χ3v) is 8.36. The molecule has 6 N–H and O–H groups in total. The number of allylic oxidation sites excluding steroid dienone is 1. The van der Waals surface area contributed by atoms with E-state index in [0.29, 0.717) is 19.7 Å². The van der Waals surface area contributed by atoms with Crippen LogP contribution < -0.4 is 5.73 Å². The predicted molar refractivity (Wildman–Crippen MR) is 146 cm³/mol. The van der Waals surface area contributed by atoms with Crippen LogP contribution in [0.2, 0.25) is 0 Å². The SMILES string of the molecule is COCCN(Cc1cc(O)c2c(c1F)C[C@H]1C[C@H]3[C@H](N(C)C)C(O)=C(C(N)=O)C(=O)[C@@]3(O)C(O)=C1C2=O)CC(C)C. The van der Waals surface area contributed by atoms with Crippen LogP contribution in [0.5, 0.6) is 5.75 Å². The highest BCUT2D eigenvalue weighted by Crippen LogP contribution is 2.52. The van der Waals surface area contributed by atoms with E-state index in [0.717, 1.165) is 0 Å². The van der Waals surface area contributed by atoms with Gasteiger partial charge >= 0.3 is 0 Å². The number of likely N-dealkylation sites (N-methyl/N-ethyl adjacent to an activating group) is 1. The minimum absolute atomic E-state index is 0.0191. The van der Waals surface area contributed by atoms with Crippen LogP contribution in [0, 0.1) is 23.6 Å². The summed E-state index contributed by atoms with van der Waals surface area (Å²) in [7, 11) is 4.66. The number of halogens is 1. The summed E-state index contributed by atoms with van der Waals surface area (Å²) in [5, 5.41) is 44.8. The summed E-state index contributed by atoms with van der Waals surface area (Å²) in [6, 6.07) is 0.0694. The average Bonchev–Trinajstić information content (AvgIpc) is 2.86. The van der Waals surface area contributed by atoms with Crippen molar-refractivity contribution < 1.29 is 43.9 Å². The number of aromatic hydroxyl groups is 1. The maximum absolute atomic E-state index is 16.1. The zero-order valence-corrected chi connectivity index (χ0v) is 23.9. The van der Waals surface area contributed by atoms with Crippen molar-refractivity contribution in [1.82, 2.24) is 9.80 Å². The van der Waals surface area contributed by atoms with E-state index in [-0.39, 0.29) is 47.6 Å². The van der Waals surface area contributed by atoms with Crippen LogP contribution >= 0.6 is 0 Å². The number of primary amides is 1. The summed E-state index contributed by atoms with van der Waals surface area (Å²) < 4.78 is 21.2. The fourth-order valence-corrected chi connectivity index (χ4v) is 6.68. The van der Waals surface area contributed by atoms with Crippen LogP contribution in [0.15, 0.2) is 28.7 Å². The Morgan fingerprint density at radius 3 is 2.46 bits per heavy atom. The monoisotopic (exact) mass is 575 g/mol. The number of carbonyl (C=O) groups is 3. The lowest BCUT2D eigenvalue weighted by Gasteiger charge is -2.50. The first kappa shape index (κ1) is 30.6. The minimum Gasteiger partial charge on any atom is -0.510 e. The molecule has 1 aromatic carbocycles. The standard InChI is InChI=1S/C29H38FN3O8/c1-13(2)11-33(6-7-41-5)12-15-10-18(34)20-16(22(15)30)8-14-9-17-23(32(3)4)25(36)21(28(31)39)27(38)29(17,40)26(37)19(14)24(20)35/h10,13-14,17,23,34,36-37,40H,6-9,11-12H2,1-5H3,(H2,31,39)/t14-,17-,23-,29-/m0/s1. The number of hydrogen-bond donors (Lipinski definition) is 5. The lowest BCUT2D eigenvalue weighted by molar-refractivity contribution is -0.148. The third kappa shape index (κ3) is 4.92. The Kier molecular flexibility index (Phi) is 8.34. The van der Waals surface area contributed by atoms with E-state index in [1.54, 1.807) is 21.2 Å². The molecule has 4 atom stereocenters. The van der Waals surface area contributed by atoms with Gasteiger partial charge in [0.15, 0.2) is 11.4 Å². The van der Waals surface area contributed by atoms with E-state index in [2.05, 4.69) is 0 Å². The van der Waals surface area contributed by atoms with Crippen LogP contribution in [0.1, 0.15) is 41.8 Å². The predicted octanol–water partition coefficient (Wildman–Crippen LogP) is 1.36. The molecule has 12 heteroatoms.